The second-order valence-electron chi connectivity index (χ2n) is 6.96. The van der Waals surface area contributed by atoms with Gasteiger partial charge in [-0.15, -0.1) is 0 Å². The van der Waals surface area contributed by atoms with Gasteiger partial charge in [-0.25, -0.2) is 0 Å². The number of nitrogens with zero attached hydrogens (tertiary/aromatic N) is 1. The highest BCUT2D eigenvalue weighted by atomic mass is 16.5. The maximum Gasteiger partial charge on any atom is 0.262 e. The molecule has 2 fully saturated rings. The molecule has 0 bridgehead atoms. The number of carbonyl (C=O) groups is 3. The maximum absolute atomic E-state index is 12.4. The van der Waals surface area contributed by atoms with Crippen molar-refractivity contribution in [3.05, 3.63) is 54.6 Å². The van der Waals surface area contributed by atoms with Crippen LogP contribution in [0.3, 0.4) is 0 Å². The molecule has 0 aromatic heterocycles. The quantitative estimate of drug-likeness (QED) is 0.722. The molecule has 1 unspecified atom stereocenters. The fourth-order valence-electron chi connectivity index (χ4n) is 3.22. The molecule has 3 amide bonds. The number of carbonyl (C=O) groups excluding carboxylic acids is 3. The largest absolute Gasteiger partial charge is 0.484 e. The van der Waals surface area contributed by atoms with Crippen LogP contribution in [-0.4, -0.2) is 41.3 Å². The Labute approximate surface area is 162 Å². The number of benzene rings is 2. The normalized spacial score (nSPS) is 18.9. The van der Waals surface area contributed by atoms with Crippen LogP contribution >= 0.6 is 0 Å². The summed E-state index contributed by atoms with van der Waals surface area (Å²) in [5, 5.41) is 5.86. The average molecular weight is 379 g/mol. The summed E-state index contributed by atoms with van der Waals surface area (Å²) in [6.07, 6.45) is 1.97. The highest BCUT2D eigenvalue weighted by Gasteiger charge is 2.46. The molecule has 2 N–H and O–H groups in total. The Balaban J connectivity index is 1.32. The second kappa shape index (κ2) is 7.72. The second-order valence-corrected chi connectivity index (χ2v) is 6.96. The van der Waals surface area contributed by atoms with Crippen LogP contribution in [0.15, 0.2) is 54.6 Å². The molecule has 1 aliphatic heterocycles. The van der Waals surface area contributed by atoms with Crippen LogP contribution in [-0.2, 0) is 14.4 Å². The molecule has 7 nitrogen and oxygen atoms in total. The summed E-state index contributed by atoms with van der Waals surface area (Å²) < 4.78 is 5.55. The first-order chi connectivity index (χ1) is 13.6. The zero-order valence-corrected chi connectivity index (χ0v) is 15.3. The summed E-state index contributed by atoms with van der Waals surface area (Å²) >= 11 is 0. The zero-order chi connectivity index (χ0) is 19.5. The molecule has 144 valence electrons. The summed E-state index contributed by atoms with van der Waals surface area (Å²) in [5.74, 6) is -0.0405. The van der Waals surface area contributed by atoms with Gasteiger partial charge >= 0.3 is 0 Å². The molecule has 2 aromatic rings. The van der Waals surface area contributed by atoms with E-state index in [-0.39, 0.29) is 36.8 Å². The minimum atomic E-state index is -0.551. The first-order valence-electron chi connectivity index (χ1n) is 9.30. The minimum Gasteiger partial charge on any atom is -0.484 e. The van der Waals surface area contributed by atoms with E-state index in [4.69, 9.17) is 4.74 Å². The van der Waals surface area contributed by atoms with Crippen molar-refractivity contribution in [3.63, 3.8) is 0 Å². The van der Waals surface area contributed by atoms with Crippen LogP contribution in [0.4, 0.5) is 11.4 Å². The molecule has 1 atom stereocenters. The van der Waals surface area contributed by atoms with Gasteiger partial charge in [0.05, 0.1) is 6.42 Å². The van der Waals surface area contributed by atoms with Crippen LogP contribution in [0.1, 0.15) is 19.3 Å². The van der Waals surface area contributed by atoms with Crippen molar-refractivity contribution in [2.24, 2.45) is 0 Å². The van der Waals surface area contributed by atoms with Crippen molar-refractivity contribution in [2.45, 2.75) is 31.3 Å². The molecule has 1 heterocycles. The van der Waals surface area contributed by atoms with Gasteiger partial charge in [0.2, 0.25) is 5.91 Å². The molecule has 2 aliphatic rings. The van der Waals surface area contributed by atoms with Crippen molar-refractivity contribution >= 4 is 29.1 Å². The molecular weight excluding hydrogens is 358 g/mol. The van der Waals surface area contributed by atoms with E-state index >= 15 is 0 Å². The van der Waals surface area contributed by atoms with Gasteiger partial charge in [-0.3, -0.25) is 19.3 Å². The molecular formula is C21H21N3O4. The number of amides is 3. The first kappa shape index (κ1) is 18.0. The van der Waals surface area contributed by atoms with Gasteiger partial charge in [0.1, 0.15) is 11.8 Å². The van der Waals surface area contributed by atoms with Gasteiger partial charge in [-0.1, -0.05) is 24.3 Å². The van der Waals surface area contributed by atoms with E-state index in [2.05, 4.69) is 10.6 Å². The molecule has 2 aromatic carbocycles. The molecule has 1 saturated heterocycles. The third kappa shape index (κ3) is 4.14. The lowest BCUT2D eigenvalue weighted by molar-refractivity contribution is -0.139. The number of imide groups is 1. The zero-order valence-electron chi connectivity index (χ0n) is 15.3. The van der Waals surface area contributed by atoms with Crippen molar-refractivity contribution in [1.29, 1.82) is 0 Å². The Morgan fingerprint density at radius 1 is 1.04 bits per heavy atom. The van der Waals surface area contributed by atoms with E-state index < -0.39 is 6.04 Å². The Hall–Kier alpha value is -3.35. The standard InChI is InChI=1S/C21H21N3O4/c25-19(23-14-5-2-1-3-6-14)13-28-17-8-4-7-15(11-17)22-18-12-20(26)24(21(18)27)16-9-10-16/h1-8,11,16,18,22H,9-10,12-13H2,(H,23,25). The van der Waals surface area contributed by atoms with Crippen LogP contribution in [0.5, 0.6) is 5.75 Å². The van der Waals surface area contributed by atoms with E-state index in [0.29, 0.717) is 17.1 Å². The predicted octanol–water partition coefficient (Wildman–Crippen LogP) is 2.41. The molecule has 7 heteroatoms. The third-order valence-corrected chi connectivity index (χ3v) is 4.70. The Kier molecular flexibility index (Phi) is 4.97. The number of nitrogens with one attached hydrogen (secondary N) is 2. The molecule has 0 spiro atoms. The van der Waals surface area contributed by atoms with Crippen LogP contribution in [0.25, 0.3) is 0 Å². The Morgan fingerprint density at radius 3 is 2.54 bits per heavy atom. The maximum atomic E-state index is 12.4. The van der Waals surface area contributed by atoms with E-state index in [1.807, 2.05) is 18.2 Å². The van der Waals surface area contributed by atoms with Gasteiger partial charge < -0.3 is 15.4 Å². The van der Waals surface area contributed by atoms with Crippen molar-refractivity contribution in [1.82, 2.24) is 4.90 Å². The van der Waals surface area contributed by atoms with E-state index in [0.717, 1.165) is 12.8 Å². The van der Waals surface area contributed by atoms with Gasteiger partial charge in [0.15, 0.2) is 6.61 Å². The lowest BCUT2D eigenvalue weighted by Crippen LogP contribution is -2.36. The Bertz CT molecular complexity index is 896. The van der Waals surface area contributed by atoms with E-state index in [1.165, 1.54) is 4.90 Å². The van der Waals surface area contributed by atoms with Gasteiger partial charge in [0, 0.05) is 23.5 Å². The monoisotopic (exact) mass is 379 g/mol. The summed E-state index contributed by atoms with van der Waals surface area (Å²) in [6.45, 7) is -0.130. The molecule has 1 saturated carbocycles. The average Bonchev–Trinajstić information content (AvgIpc) is 3.48. The lowest BCUT2D eigenvalue weighted by atomic mass is 10.2. The van der Waals surface area contributed by atoms with Crippen LogP contribution in [0.2, 0.25) is 0 Å². The fourth-order valence-corrected chi connectivity index (χ4v) is 3.22. The van der Waals surface area contributed by atoms with Crippen LogP contribution in [0, 0.1) is 0 Å². The van der Waals surface area contributed by atoms with E-state index in [9.17, 15) is 14.4 Å². The molecule has 28 heavy (non-hydrogen) atoms. The minimum absolute atomic E-state index is 0.0876. The highest BCUT2D eigenvalue weighted by molar-refractivity contribution is 6.07. The summed E-state index contributed by atoms with van der Waals surface area (Å²) in [5.41, 5.74) is 1.38. The number of likely N-dealkylation sites (tertiary alicyclic amines) is 1. The summed E-state index contributed by atoms with van der Waals surface area (Å²) in [4.78, 5) is 37.9. The van der Waals surface area contributed by atoms with E-state index in [1.54, 1.807) is 36.4 Å². The lowest BCUT2D eigenvalue weighted by Gasteiger charge is -2.15. The molecule has 0 radical (unpaired) electrons. The number of para-hydroxylation sites is 1. The first-order valence-corrected chi connectivity index (χ1v) is 9.30. The SMILES string of the molecule is O=C(COc1cccc(NC2CC(=O)N(C3CC3)C2=O)c1)Nc1ccccc1. The summed E-state index contributed by atoms with van der Waals surface area (Å²) in [6, 6.07) is 15.7. The fraction of sp³-hybridized carbons (Fsp3) is 0.286. The highest BCUT2D eigenvalue weighted by Crippen LogP contribution is 2.32. The van der Waals surface area contributed by atoms with Gasteiger partial charge in [-0.2, -0.15) is 0 Å². The number of rotatable bonds is 7. The van der Waals surface area contributed by atoms with Crippen molar-refractivity contribution in [2.75, 3.05) is 17.2 Å². The molecule has 1 aliphatic carbocycles. The van der Waals surface area contributed by atoms with Crippen molar-refractivity contribution < 1.29 is 19.1 Å². The summed E-state index contributed by atoms with van der Waals surface area (Å²) in [7, 11) is 0. The smallest absolute Gasteiger partial charge is 0.262 e. The number of anilines is 2. The number of hydrogen-bond acceptors (Lipinski definition) is 5. The van der Waals surface area contributed by atoms with Crippen LogP contribution < -0.4 is 15.4 Å². The third-order valence-electron chi connectivity index (χ3n) is 4.70. The predicted molar refractivity (Wildman–Crippen MR) is 104 cm³/mol. The van der Waals surface area contributed by atoms with Gasteiger partial charge in [0.25, 0.3) is 11.8 Å². The van der Waals surface area contributed by atoms with Crippen molar-refractivity contribution in [3.8, 4) is 5.75 Å². The number of hydrogen-bond donors (Lipinski definition) is 2. The molecule has 4 rings (SSSR count). The topological polar surface area (TPSA) is 87.7 Å². The Morgan fingerprint density at radius 2 is 1.79 bits per heavy atom. The van der Waals surface area contributed by atoms with Gasteiger partial charge in [-0.05, 0) is 37.1 Å². The number of ether oxygens (including phenoxy) is 1.